The maximum atomic E-state index is 12.5. The molecule has 0 saturated carbocycles. The summed E-state index contributed by atoms with van der Waals surface area (Å²) in [5, 5.41) is 6.00. The third-order valence-electron chi connectivity index (χ3n) is 5.36. The molecule has 0 aliphatic carbocycles. The number of nitrogen functional groups attached to an aromatic ring is 1. The lowest BCUT2D eigenvalue weighted by Crippen LogP contribution is -2.34. The van der Waals surface area contributed by atoms with Gasteiger partial charge < -0.3 is 21.3 Å². The summed E-state index contributed by atoms with van der Waals surface area (Å²) in [5.41, 5.74) is 9.14. The Morgan fingerprint density at radius 2 is 1.73 bits per heavy atom. The second-order valence-corrected chi connectivity index (χ2v) is 7.86. The molecule has 0 unspecified atom stereocenters. The Bertz CT molecular complexity index is 1110. The number of pyridine rings is 1. The summed E-state index contributed by atoms with van der Waals surface area (Å²) in [5.74, 6) is -0.513. The van der Waals surface area contributed by atoms with Crippen molar-refractivity contribution >= 4 is 34.8 Å². The van der Waals surface area contributed by atoms with Crippen LogP contribution < -0.4 is 16.4 Å². The van der Waals surface area contributed by atoms with Gasteiger partial charge in [-0.25, -0.2) is 0 Å². The summed E-state index contributed by atoms with van der Waals surface area (Å²) >= 11 is 6.37. The van der Waals surface area contributed by atoms with Crippen LogP contribution in [0.4, 0.5) is 11.4 Å². The van der Waals surface area contributed by atoms with E-state index >= 15 is 0 Å². The van der Waals surface area contributed by atoms with Crippen molar-refractivity contribution in [1.82, 2.24) is 15.2 Å². The number of carbonyl (C=O) groups is 2. The highest BCUT2D eigenvalue weighted by atomic mass is 35.5. The van der Waals surface area contributed by atoms with Crippen LogP contribution in [0.1, 0.15) is 34.6 Å². The van der Waals surface area contributed by atoms with Crippen molar-refractivity contribution in [1.29, 1.82) is 0 Å². The number of benzene rings is 2. The van der Waals surface area contributed by atoms with Gasteiger partial charge in [-0.2, -0.15) is 0 Å². The zero-order valence-electron chi connectivity index (χ0n) is 18.8. The lowest BCUT2D eigenvalue weighted by Gasteiger charge is -2.18. The molecule has 4 N–H and O–H groups in total. The number of nitrogens with one attached hydrogen (secondary N) is 2. The number of aromatic nitrogens is 1. The number of nitrogens with two attached hydrogens (primary N) is 1. The maximum Gasteiger partial charge on any atom is 0.255 e. The Morgan fingerprint density at radius 1 is 1.03 bits per heavy atom. The van der Waals surface area contributed by atoms with Gasteiger partial charge in [0.15, 0.2) is 0 Å². The van der Waals surface area contributed by atoms with E-state index in [0.717, 1.165) is 25.2 Å². The van der Waals surface area contributed by atoms with Crippen LogP contribution in [0.25, 0.3) is 11.3 Å². The van der Waals surface area contributed by atoms with Gasteiger partial charge in [-0.3, -0.25) is 14.6 Å². The molecule has 0 atom stereocenters. The number of likely N-dealkylation sites (N-methyl/N-ethyl adjacent to an activating group) is 1. The second-order valence-electron chi connectivity index (χ2n) is 7.45. The standard InChI is InChI=1S/C25H28ClN5O2/c1-3-31(4-2)14-13-28-25(33)19-16-29-23(15-20(19)26)17-9-11-18(12-10-17)24(32)30-22-8-6-5-7-21(22)27/h5-12,15-16H,3-4,13-14,27H2,1-2H3,(H,28,33)(H,30,32). The van der Waals surface area contributed by atoms with Gasteiger partial charge in [-0.15, -0.1) is 0 Å². The van der Waals surface area contributed by atoms with Crippen molar-refractivity contribution in [2.24, 2.45) is 0 Å². The largest absolute Gasteiger partial charge is 0.397 e. The van der Waals surface area contributed by atoms with Crippen molar-refractivity contribution in [3.8, 4) is 11.3 Å². The van der Waals surface area contributed by atoms with Crippen molar-refractivity contribution in [2.45, 2.75) is 13.8 Å². The van der Waals surface area contributed by atoms with Crippen LogP contribution in [0, 0.1) is 0 Å². The molecule has 0 spiro atoms. The molecule has 2 aromatic carbocycles. The molecule has 0 radical (unpaired) electrons. The molecule has 0 fully saturated rings. The Morgan fingerprint density at radius 3 is 2.36 bits per heavy atom. The molecule has 7 nitrogen and oxygen atoms in total. The first-order valence-electron chi connectivity index (χ1n) is 10.8. The van der Waals surface area contributed by atoms with E-state index in [-0.39, 0.29) is 11.8 Å². The second kappa shape index (κ2) is 11.4. The molecule has 1 aromatic heterocycles. The fraction of sp³-hybridized carbons (Fsp3) is 0.240. The van der Waals surface area contributed by atoms with Gasteiger partial charge >= 0.3 is 0 Å². The van der Waals surface area contributed by atoms with E-state index in [1.807, 2.05) is 0 Å². The van der Waals surface area contributed by atoms with Crippen LogP contribution in [0.3, 0.4) is 0 Å². The first kappa shape index (κ1) is 24.2. The molecule has 0 aliphatic heterocycles. The van der Waals surface area contributed by atoms with Crippen LogP contribution >= 0.6 is 11.6 Å². The van der Waals surface area contributed by atoms with Crippen LogP contribution in [-0.2, 0) is 0 Å². The van der Waals surface area contributed by atoms with Gasteiger partial charge in [0.05, 0.1) is 27.7 Å². The van der Waals surface area contributed by atoms with Gasteiger partial charge in [0.1, 0.15) is 0 Å². The maximum absolute atomic E-state index is 12.5. The minimum absolute atomic E-state index is 0.251. The minimum atomic E-state index is -0.262. The van der Waals surface area contributed by atoms with E-state index in [1.54, 1.807) is 54.6 Å². The third kappa shape index (κ3) is 6.31. The van der Waals surface area contributed by atoms with Crippen LogP contribution in [-0.4, -0.2) is 47.9 Å². The Kier molecular flexibility index (Phi) is 8.40. The number of para-hydroxylation sites is 2. The first-order valence-corrected chi connectivity index (χ1v) is 11.2. The predicted molar refractivity (Wildman–Crippen MR) is 134 cm³/mol. The fourth-order valence-corrected chi connectivity index (χ4v) is 3.55. The predicted octanol–water partition coefficient (Wildman–Crippen LogP) is 4.31. The van der Waals surface area contributed by atoms with Crippen LogP contribution in [0.5, 0.6) is 0 Å². The van der Waals surface area contributed by atoms with Gasteiger partial charge in [-0.1, -0.05) is 49.7 Å². The summed E-state index contributed by atoms with van der Waals surface area (Å²) in [7, 11) is 0. The molecule has 3 rings (SSSR count). The highest BCUT2D eigenvalue weighted by molar-refractivity contribution is 6.34. The average molecular weight is 466 g/mol. The molecule has 0 bridgehead atoms. The molecular weight excluding hydrogens is 438 g/mol. The van der Waals surface area contributed by atoms with Crippen molar-refractivity contribution in [2.75, 3.05) is 37.2 Å². The quantitative estimate of drug-likeness (QED) is 0.409. The summed E-state index contributed by atoms with van der Waals surface area (Å²) in [6.07, 6.45) is 1.48. The molecule has 0 aliphatic rings. The molecule has 3 aromatic rings. The van der Waals surface area contributed by atoms with E-state index in [4.69, 9.17) is 17.3 Å². The monoisotopic (exact) mass is 465 g/mol. The number of anilines is 2. The molecule has 8 heteroatoms. The summed E-state index contributed by atoms with van der Waals surface area (Å²) in [6, 6.07) is 15.7. The van der Waals surface area contributed by atoms with Gasteiger partial charge in [-0.05, 0) is 43.4 Å². The van der Waals surface area contributed by atoms with Gasteiger partial charge in [0.2, 0.25) is 0 Å². The van der Waals surface area contributed by atoms with E-state index in [9.17, 15) is 9.59 Å². The summed E-state index contributed by atoms with van der Waals surface area (Å²) in [6.45, 7) is 7.36. The topological polar surface area (TPSA) is 100 Å². The Balaban J connectivity index is 1.65. The lowest BCUT2D eigenvalue weighted by molar-refractivity contribution is 0.0948. The van der Waals surface area contributed by atoms with Crippen molar-refractivity contribution < 1.29 is 9.59 Å². The normalized spacial score (nSPS) is 10.8. The number of hydrogen-bond donors (Lipinski definition) is 3. The third-order valence-corrected chi connectivity index (χ3v) is 5.67. The lowest BCUT2D eigenvalue weighted by atomic mass is 10.1. The molecule has 33 heavy (non-hydrogen) atoms. The van der Waals surface area contributed by atoms with E-state index in [0.29, 0.717) is 39.8 Å². The molecule has 2 amide bonds. The summed E-state index contributed by atoms with van der Waals surface area (Å²) < 4.78 is 0. The number of nitrogens with zero attached hydrogens (tertiary/aromatic N) is 2. The average Bonchev–Trinajstić information content (AvgIpc) is 2.83. The fourth-order valence-electron chi connectivity index (χ4n) is 3.32. The number of hydrogen-bond acceptors (Lipinski definition) is 5. The molecule has 0 saturated heterocycles. The molecule has 172 valence electrons. The zero-order valence-corrected chi connectivity index (χ0v) is 19.5. The van der Waals surface area contributed by atoms with Crippen LogP contribution in [0.15, 0.2) is 60.8 Å². The van der Waals surface area contributed by atoms with Gasteiger partial charge in [0, 0.05) is 30.4 Å². The smallest absolute Gasteiger partial charge is 0.255 e. The van der Waals surface area contributed by atoms with Crippen LogP contribution in [0.2, 0.25) is 5.02 Å². The van der Waals surface area contributed by atoms with E-state index in [2.05, 4.69) is 34.4 Å². The van der Waals surface area contributed by atoms with E-state index < -0.39 is 0 Å². The number of carbonyl (C=O) groups excluding carboxylic acids is 2. The van der Waals surface area contributed by atoms with Gasteiger partial charge in [0.25, 0.3) is 11.8 Å². The minimum Gasteiger partial charge on any atom is -0.397 e. The number of rotatable bonds is 9. The molecular formula is C25H28ClN5O2. The Hall–Kier alpha value is -3.42. The highest BCUT2D eigenvalue weighted by Crippen LogP contribution is 2.24. The SMILES string of the molecule is CCN(CC)CCNC(=O)c1cnc(-c2ccc(C(=O)Nc3ccccc3N)cc2)cc1Cl. The van der Waals surface area contributed by atoms with Crippen molar-refractivity contribution in [3.63, 3.8) is 0 Å². The zero-order chi connectivity index (χ0) is 23.8. The Labute approximate surface area is 199 Å². The highest BCUT2D eigenvalue weighted by Gasteiger charge is 2.14. The first-order chi connectivity index (χ1) is 15.9. The summed E-state index contributed by atoms with van der Waals surface area (Å²) in [4.78, 5) is 31.6. The van der Waals surface area contributed by atoms with E-state index in [1.165, 1.54) is 6.20 Å². The number of amides is 2. The van der Waals surface area contributed by atoms with Crippen molar-refractivity contribution in [3.05, 3.63) is 76.9 Å². The number of halogens is 1. The molecule has 1 heterocycles.